The second kappa shape index (κ2) is 9.94. The standard InChI is InChI=1S/C35H40O7/c1-7-20-8-10-21(11-9-20)12-13-22-14-15-24(37)26-23(22)16-33(5)17-34(6)27(18(2)3)29(38)25(19(4)36)31(40)35(34,42)32(41)28(33)30(26)39/h8-11,14-15,18,27,37-38,41-42H,7,12-13,16-17H2,1-6H3/t27?,33-,34-,35+/m1/s1. The third kappa shape index (κ3) is 4.00. The highest BCUT2D eigenvalue weighted by atomic mass is 16.3. The number of hydrogen-bond acceptors (Lipinski definition) is 7. The fourth-order valence-electron chi connectivity index (χ4n) is 8.25. The van der Waals surface area contributed by atoms with Crippen LogP contribution in [0, 0.1) is 22.7 Å². The van der Waals surface area contributed by atoms with E-state index in [2.05, 4.69) is 31.2 Å². The quantitative estimate of drug-likeness (QED) is 0.327. The number of phenolic OH excluding ortho intramolecular Hbond substituents is 1. The van der Waals surface area contributed by atoms with Crippen LogP contribution in [0.2, 0.25) is 0 Å². The first-order valence-corrected chi connectivity index (χ1v) is 14.7. The van der Waals surface area contributed by atoms with Crippen LogP contribution in [0.4, 0.5) is 0 Å². The zero-order valence-corrected chi connectivity index (χ0v) is 25.2. The molecule has 1 unspecified atom stereocenters. The first-order chi connectivity index (χ1) is 19.6. The van der Waals surface area contributed by atoms with Crippen molar-refractivity contribution < 1.29 is 34.8 Å². The Morgan fingerprint density at radius 2 is 1.60 bits per heavy atom. The number of fused-ring (bicyclic) bond motifs is 3. The number of benzene rings is 2. The molecule has 0 amide bonds. The third-order valence-corrected chi connectivity index (χ3v) is 10.1. The molecule has 0 bridgehead atoms. The van der Waals surface area contributed by atoms with Crippen LogP contribution < -0.4 is 0 Å². The lowest BCUT2D eigenvalue weighted by atomic mass is 9.44. The van der Waals surface area contributed by atoms with Crippen molar-refractivity contribution in [1.82, 2.24) is 0 Å². The zero-order valence-electron chi connectivity index (χ0n) is 25.2. The van der Waals surface area contributed by atoms with Crippen LogP contribution in [0.15, 0.2) is 59.1 Å². The van der Waals surface area contributed by atoms with E-state index < -0.39 is 51.0 Å². The molecular weight excluding hydrogens is 532 g/mol. The molecule has 42 heavy (non-hydrogen) atoms. The van der Waals surface area contributed by atoms with Crippen LogP contribution in [-0.2, 0) is 35.3 Å². The average molecular weight is 573 g/mol. The van der Waals surface area contributed by atoms with Crippen molar-refractivity contribution in [3.63, 3.8) is 0 Å². The minimum absolute atomic E-state index is 0.0638. The van der Waals surface area contributed by atoms with E-state index in [-0.39, 0.29) is 41.4 Å². The van der Waals surface area contributed by atoms with Gasteiger partial charge in [-0.05, 0) is 73.3 Å². The van der Waals surface area contributed by atoms with E-state index in [1.54, 1.807) is 6.92 Å². The Bertz CT molecular complexity index is 1580. The maximum Gasteiger partial charge on any atom is 0.209 e. The summed E-state index contributed by atoms with van der Waals surface area (Å²) in [5, 5.41) is 46.1. The topological polar surface area (TPSA) is 132 Å². The lowest BCUT2D eigenvalue weighted by Crippen LogP contribution is -2.67. The molecule has 0 spiro atoms. The number of allylic oxidation sites excluding steroid dienone is 2. The van der Waals surface area contributed by atoms with Crippen LogP contribution in [0.25, 0.3) is 0 Å². The molecule has 3 aliphatic carbocycles. The smallest absolute Gasteiger partial charge is 0.209 e. The van der Waals surface area contributed by atoms with Gasteiger partial charge in [0.05, 0.1) is 5.56 Å². The molecule has 0 aromatic heterocycles. The molecule has 0 radical (unpaired) electrons. The Labute approximate surface area is 246 Å². The summed E-state index contributed by atoms with van der Waals surface area (Å²) in [5.41, 5.74) is -1.68. The summed E-state index contributed by atoms with van der Waals surface area (Å²) in [7, 11) is 0. The van der Waals surface area contributed by atoms with Gasteiger partial charge >= 0.3 is 0 Å². The fraction of sp³-hybridized carbons (Fsp3) is 0.457. The lowest BCUT2D eigenvalue weighted by Gasteiger charge is -2.59. The number of aliphatic hydroxyl groups excluding tert-OH is 2. The van der Waals surface area contributed by atoms with Crippen molar-refractivity contribution in [1.29, 1.82) is 0 Å². The van der Waals surface area contributed by atoms with Gasteiger partial charge in [0.1, 0.15) is 22.8 Å². The first kappa shape index (κ1) is 29.8. The van der Waals surface area contributed by atoms with Gasteiger partial charge in [-0.3, -0.25) is 14.4 Å². The molecule has 0 heterocycles. The Morgan fingerprint density at radius 3 is 2.17 bits per heavy atom. The maximum absolute atomic E-state index is 14.2. The fourth-order valence-corrected chi connectivity index (χ4v) is 8.25. The van der Waals surface area contributed by atoms with Gasteiger partial charge in [0.15, 0.2) is 17.2 Å². The van der Waals surface area contributed by atoms with Crippen molar-refractivity contribution >= 4 is 17.3 Å². The minimum Gasteiger partial charge on any atom is -0.511 e. The van der Waals surface area contributed by atoms with Gasteiger partial charge in [0.25, 0.3) is 0 Å². The van der Waals surface area contributed by atoms with Gasteiger partial charge in [0.2, 0.25) is 5.78 Å². The summed E-state index contributed by atoms with van der Waals surface area (Å²) >= 11 is 0. The molecule has 4 atom stereocenters. The molecule has 7 heteroatoms. The monoisotopic (exact) mass is 572 g/mol. The number of aromatic hydroxyl groups is 1. The second-order valence-electron chi connectivity index (χ2n) is 13.2. The van der Waals surface area contributed by atoms with Crippen molar-refractivity contribution in [3.05, 3.63) is 86.9 Å². The first-order valence-electron chi connectivity index (χ1n) is 14.7. The van der Waals surface area contributed by atoms with Crippen LogP contribution >= 0.6 is 0 Å². The number of ketones is 3. The normalized spacial score (nSPS) is 29.0. The third-order valence-electron chi connectivity index (χ3n) is 10.1. The Balaban J connectivity index is 1.66. The molecule has 5 rings (SSSR count). The number of phenols is 1. The molecule has 222 valence electrons. The molecule has 7 nitrogen and oxygen atoms in total. The Kier molecular flexibility index (Phi) is 7.05. The Hall–Kier alpha value is -3.71. The van der Waals surface area contributed by atoms with E-state index in [1.165, 1.54) is 11.6 Å². The number of aryl methyl sites for hydroxylation is 3. The molecule has 0 saturated heterocycles. The number of carbonyl (C=O) groups is 3. The van der Waals surface area contributed by atoms with E-state index in [1.807, 2.05) is 26.8 Å². The summed E-state index contributed by atoms with van der Waals surface area (Å²) in [6.07, 6.45) is 2.67. The molecule has 2 aromatic carbocycles. The molecule has 2 aromatic rings. The van der Waals surface area contributed by atoms with Gasteiger partial charge in [-0.25, -0.2) is 0 Å². The average Bonchev–Trinajstić information content (AvgIpc) is 2.90. The molecular formula is C35H40O7. The number of carbonyl (C=O) groups excluding carboxylic acids is 3. The summed E-state index contributed by atoms with van der Waals surface area (Å²) in [6.45, 7) is 10.3. The summed E-state index contributed by atoms with van der Waals surface area (Å²) < 4.78 is 0. The van der Waals surface area contributed by atoms with Crippen molar-refractivity contribution in [2.45, 2.75) is 79.2 Å². The maximum atomic E-state index is 14.2. The van der Waals surface area contributed by atoms with E-state index in [0.29, 0.717) is 12.0 Å². The predicted octanol–water partition coefficient (Wildman–Crippen LogP) is 5.69. The number of rotatable bonds is 6. The molecule has 3 aliphatic rings. The minimum atomic E-state index is -2.60. The van der Waals surface area contributed by atoms with Gasteiger partial charge in [0, 0.05) is 22.3 Å². The largest absolute Gasteiger partial charge is 0.511 e. The highest BCUT2D eigenvalue weighted by Gasteiger charge is 2.71. The molecule has 0 fully saturated rings. The molecule has 0 saturated carbocycles. The molecule has 4 N–H and O–H groups in total. The number of aliphatic hydroxyl groups is 3. The summed E-state index contributed by atoms with van der Waals surface area (Å²) in [4.78, 5) is 40.5. The molecule has 0 aliphatic heterocycles. The predicted molar refractivity (Wildman–Crippen MR) is 158 cm³/mol. The summed E-state index contributed by atoms with van der Waals surface area (Å²) in [6, 6.07) is 11.7. The van der Waals surface area contributed by atoms with Crippen molar-refractivity contribution in [2.75, 3.05) is 0 Å². The van der Waals surface area contributed by atoms with E-state index >= 15 is 0 Å². The lowest BCUT2D eigenvalue weighted by molar-refractivity contribution is -0.171. The van der Waals surface area contributed by atoms with Crippen molar-refractivity contribution in [2.24, 2.45) is 22.7 Å². The van der Waals surface area contributed by atoms with Crippen LogP contribution in [0.1, 0.15) is 80.6 Å². The van der Waals surface area contributed by atoms with Gasteiger partial charge < -0.3 is 20.4 Å². The number of hydrogen-bond donors (Lipinski definition) is 4. The zero-order chi connectivity index (χ0) is 30.9. The highest BCUT2D eigenvalue weighted by Crippen LogP contribution is 2.65. The highest BCUT2D eigenvalue weighted by molar-refractivity contribution is 6.25. The van der Waals surface area contributed by atoms with E-state index in [9.17, 15) is 34.8 Å². The van der Waals surface area contributed by atoms with Crippen LogP contribution in [0.3, 0.4) is 0 Å². The second-order valence-corrected chi connectivity index (χ2v) is 13.2. The number of Topliss-reactive ketones (excluding diaryl/α,β-unsaturated/α-hetero) is 3. The van der Waals surface area contributed by atoms with E-state index in [4.69, 9.17) is 0 Å². The van der Waals surface area contributed by atoms with Crippen LogP contribution in [-0.4, -0.2) is 43.4 Å². The van der Waals surface area contributed by atoms with Gasteiger partial charge in [-0.2, -0.15) is 0 Å². The SMILES string of the molecule is CCc1ccc(CCc2ccc(O)c3c2C[C@]2(C)C[C@]4(C)C(C(C)C)C(O)=C(C(C)=O)C(=O)[C@]4(O)C(O)=C2C3=O)cc1. The van der Waals surface area contributed by atoms with E-state index in [0.717, 1.165) is 30.9 Å². The van der Waals surface area contributed by atoms with Gasteiger partial charge in [-0.1, -0.05) is 65.0 Å². The Morgan fingerprint density at radius 1 is 0.976 bits per heavy atom. The van der Waals surface area contributed by atoms with Gasteiger partial charge in [-0.15, -0.1) is 0 Å². The van der Waals surface area contributed by atoms with Crippen molar-refractivity contribution in [3.8, 4) is 5.75 Å². The summed E-state index contributed by atoms with van der Waals surface area (Å²) in [5.74, 6) is -5.04. The van der Waals surface area contributed by atoms with Crippen LogP contribution in [0.5, 0.6) is 5.75 Å².